The zero-order chi connectivity index (χ0) is 21.2. The van der Waals surface area contributed by atoms with Crippen LogP contribution in [0.4, 0.5) is 15.8 Å². The maximum atomic E-state index is 14.4. The lowest BCUT2D eigenvalue weighted by Gasteiger charge is -2.24. The molecule has 6 rings (SSSR count). The largest absolute Gasteiger partial charge is 0.486 e. The molecule has 4 heterocycles. The molecule has 2 fully saturated rings. The molecule has 0 unspecified atom stereocenters. The molecule has 1 spiro atoms. The molecule has 8 heteroatoms. The van der Waals surface area contributed by atoms with Gasteiger partial charge in [-0.05, 0) is 24.3 Å². The SMILES string of the molecule is O=C(Nc1ccc2c(c1)OCCO2)[C@H]1[C@H]2C=C[C@@]3(CN(c4ccccc4F)C(=O)[C@@H]13)O2. The number of hydrogen-bond donors (Lipinski definition) is 1. The highest BCUT2D eigenvalue weighted by Gasteiger charge is 2.67. The van der Waals surface area contributed by atoms with Crippen molar-refractivity contribution in [3.63, 3.8) is 0 Å². The molecule has 4 atom stereocenters. The molecular formula is C23H19FN2O5. The molecule has 0 radical (unpaired) electrons. The number of fused-ring (bicyclic) bond motifs is 2. The second kappa shape index (κ2) is 6.55. The standard InChI is InChI=1S/C23H19FN2O5/c24-14-3-1-2-4-15(14)26-12-23-8-7-17(31-23)19(20(23)22(26)28)21(27)25-13-5-6-16-18(11-13)30-10-9-29-16/h1-8,11,17,19-20H,9-10,12H2,(H,25,27)/t17-,19+,20-,23+/m1/s1. The zero-order valence-electron chi connectivity index (χ0n) is 16.4. The molecule has 158 valence electrons. The monoisotopic (exact) mass is 422 g/mol. The van der Waals surface area contributed by atoms with Gasteiger partial charge < -0.3 is 24.4 Å². The van der Waals surface area contributed by atoms with Crippen LogP contribution in [0.3, 0.4) is 0 Å². The van der Waals surface area contributed by atoms with E-state index in [2.05, 4.69) is 5.32 Å². The van der Waals surface area contributed by atoms with Crippen LogP contribution in [0.1, 0.15) is 0 Å². The fourth-order valence-electron chi connectivity index (χ4n) is 5.02. The third-order valence-corrected chi connectivity index (χ3v) is 6.36. The summed E-state index contributed by atoms with van der Waals surface area (Å²) in [6, 6.07) is 11.3. The van der Waals surface area contributed by atoms with Crippen molar-refractivity contribution in [3.8, 4) is 11.5 Å². The van der Waals surface area contributed by atoms with E-state index < -0.39 is 29.4 Å². The Kier molecular flexibility index (Phi) is 3.89. The molecule has 0 saturated carbocycles. The first-order chi connectivity index (χ1) is 15.1. The summed E-state index contributed by atoms with van der Waals surface area (Å²) in [6.45, 7) is 1.10. The number of carbonyl (C=O) groups is 2. The van der Waals surface area contributed by atoms with Gasteiger partial charge in [0.15, 0.2) is 11.5 Å². The third kappa shape index (κ3) is 2.68. The fourth-order valence-corrected chi connectivity index (χ4v) is 5.02. The van der Waals surface area contributed by atoms with Gasteiger partial charge in [-0.15, -0.1) is 0 Å². The maximum absolute atomic E-state index is 14.4. The summed E-state index contributed by atoms with van der Waals surface area (Å²) >= 11 is 0. The van der Waals surface area contributed by atoms with Gasteiger partial charge >= 0.3 is 0 Å². The first-order valence-electron chi connectivity index (χ1n) is 10.2. The number of carbonyl (C=O) groups excluding carboxylic acids is 2. The van der Waals surface area contributed by atoms with Gasteiger partial charge in [-0.25, -0.2) is 4.39 Å². The molecule has 7 nitrogen and oxygen atoms in total. The van der Waals surface area contributed by atoms with Gasteiger partial charge in [-0.2, -0.15) is 0 Å². The quantitative estimate of drug-likeness (QED) is 0.770. The second-order valence-corrected chi connectivity index (χ2v) is 8.12. The average molecular weight is 422 g/mol. The number of para-hydroxylation sites is 1. The van der Waals surface area contributed by atoms with E-state index in [-0.39, 0.29) is 24.0 Å². The van der Waals surface area contributed by atoms with Crippen molar-refractivity contribution in [1.29, 1.82) is 0 Å². The Morgan fingerprint density at radius 2 is 1.94 bits per heavy atom. The highest BCUT2D eigenvalue weighted by atomic mass is 19.1. The number of rotatable bonds is 3. The molecule has 0 aromatic heterocycles. The number of amides is 2. The maximum Gasteiger partial charge on any atom is 0.234 e. The molecular weight excluding hydrogens is 403 g/mol. The summed E-state index contributed by atoms with van der Waals surface area (Å²) in [6.07, 6.45) is 3.17. The van der Waals surface area contributed by atoms with Crippen LogP contribution in [0, 0.1) is 17.7 Å². The predicted molar refractivity (Wildman–Crippen MR) is 109 cm³/mol. The van der Waals surface area contributed by atoms with E-state index in [9.17, 15) is 14.0 Å². The minimum atomic E-state index is -0.918. The van der Waals surface area contributed by atoms with Crippen molar-refractivity contribution in [3.05, 3.63) is 60.4 Å². The van der Waals surface area contributed by atoms with Crippen molar-refractivity contribution in [2.75, 3.05) is 30.0 Å². The summed E-state index contributed by atoms with van der Waals surface area (Å²) in [5.41, 5.74) is -0.173. The summed E-state index contributed by atoms with van der Waals surface area (Å²) in [4.78, 5) is 27.9. The van der Waals surface area contributed by atoms with E-state index in [0.717, 1.165) is 0 Å². The number of anilines is 2. The normalized spacial score (nSPS) is 29.9. The van der Waals surface area contributed by atoms with Crippen LogP contribution in [-0.2, 0) is 14.3 Å². The summed E-state index contributed by atoms with van der Waals surface area (Å²) < 4.78 is 31.5. The van der Waals surface area contributed by atoms with E-state index in [1.54, 1.807) is 36.4 Å². The third-order valence-electron chi connectivity index (χ3n) is 6.36. The lowest BCUT2D eigenvalue weighted by molar-refractivity contribution is -0.128. The van der Waals surface area contributed by atoms with Crippen LogP contribution >= 0.6 is 0 Å². The predicted octanol–water partition coefficient (Wildman–Crippen LogP) is 2.52. The fraction of sp³-hybridized carbons (Fsp3) is 0.304. The molecule has 0 aliphatic carbocycles. The zero-order valence-corrected chi connectivity index (χ0v) is 16.4. The van der Waals surface area contributed by atoms with Crippen molar-refractivity contribution in [2.45, 2.75) is 11.7 Å². The van der Waals surface area contributed by atoms with Crippen LogP contribution in [0.2, 0.25) is 0 Å². The topological polar surface area (TPSA) is 77.1 Å². The molecule has 2 aromatic rings. The summed E-state index contributed by atoms with van der Waals surface area (Å²) in [7, 11) is 0. The van der Waals surface area contributed by atoms with E-state index in [1.807, 2.05) is 12.2 Å². The van der Waals surface area contributed by atoms with Gasteiger partial charge in [0.2, 0.25) is 11.8 Å². The van der Waals surface area contributed by atoms with Gasteiger partial charge in [0.1, 0.15) is 24.6 Å². The van der Waals surface area contributed by atoms with Crippen LogP contribution < -0.4 is 19.7 Å². The molecule has 2 saturated heterocycles. The molecule has 2 aromatic carbocycles. The highest BCUT2D eigenvalue weighted by molar-refractivity contribution is 6.05. The van der Waals surface area contributed by atoms with Crippen molar-refractivity contribution >= 4 is 23.2 Å². The minimum Gasteiger partial charge on any atom is -0.486 e. The Morgan fingerprint density at radius 3 is 2.77 bits per heavy atom. The lowest BCUT2D eigenvalue weighted by atomic mass is 9.77. The summed E-state index contributed by atoms with van der Waals surface area (Å²) in [5.74, 6) is -1.33. The number of ether oxygens (including phenoxy) is 3. The second-order valence-electron chi connectivity index (χ2n) is 8.12. The number of hydrogen-bond acceptors (Lipinski definition) is 5. The molecule has 4 aliphatic heterocycles. The Bertz CT molecular complexity index is 1130. The molecule has 31 heavy (non-hydrogen) atoms. The van der Waals surface area contributed by atoms with Crippen molar-refractivity contribution < 1.29 is 28.2 Å². The van der Waals surface area contributed by atoms with Crippen molar-refractivity contribution in [1.82, 2.24) is 0 Å². The highest BCUT2D eigenvalue weighted by Crippen LogP contribution is 2.53. The van der Waals surface area contributed by atoms with Gasteiger partial charge in [0.25, 0.3) is 0 Å². The number of benzene rings is 2. The number of nitrogens with one attached hydrogen (secondary N) is 1. The Balaban J connectivity index is 1.28. The Labute approximate surface area is 177 Å². The van der Waals surface area contributed by atoms with Crippen molar-refractivity contribution in [2.24, 2.45) is 11.8 Å². The van der Waals surface area contributed by atoms with E-state index in [1.165, 1.54) is 11.0 Å². The Hall–Kier alpha value is -3.39. The van der Waals surface area contributed by atoms with Gasteiger partial charge in [-0.1, -0.05) is 24.3 Å². The summed E-state index contributed by atoms with van der Waals surface area (Å²) in [5, 5.41) is 2.88. The van der Waals surface area contributed by atoms with Crippen LogP contribution in [0.5, 0.6) is 11.5 Å². The van der Waals surface area contributed by atoms with E-state index in [0.29, 0.717) is 30.4 Å². The van der Waals surface area contributed by atoms with Gasteiger partial charge in [-0.3, -0.25) is 9.59 Å². The van der Waals surface area contributed by atoms with E-state index >= 15 is 0 Å². The Morgan fingerprint density at radius 1 is 1.13 bits per heavy atom. The lowest BCUT2D eigenvalue weighted by Crippen LogP contribution is -2.41. The first kappa shape index (κ1) is 18.4. The van der Waals surface area contributed by atoms with E-state index in [4.69, 9.17) is 14.2 Å². The van der Waals surface area contributed by atoms with Crippen LogP contribution in [0.15, 0.2) is 54.6 Å². The molecule has 4 aliphatic rings. The smallest absolute Gasteiger partial charge is 0.234 e. The van der Waals surface area contributed by atoms with Gasteiger partial charge in [0.05, 0.1) is 30.2 Å². The first-order valence-corrected chi connectivity index (χ1v) is 10.2. The molecule has 2 amide bonds. The minimum absolute atomic E-state index is 0.179. The number of halogens is 1. The number of nitrogens with zero attached hydrogens (tertiary/aromatic N) is 1. The van der Waals surface area contributed by atoms with Crippen LogP contribution in [0.25, 0.3) is 0 Å². The molecule has 1 N–H and O–H groups in total. The molecule has 2 bridgehead atoms. The van der Waals surface area contributed by atoms with Gasteiger partial charge in [0, 0.05) is 11.8 Å². The average Bonchev–Trinajstić information content (AvgIpc) is 3.42. The van der Waals surface area contributed by atoms with Crippen LogP contribution in [-0.4, -0.2) is 43.3 Å².